The first-order chi connectivity index (χ1) is 6.36. The van der Waals surface area contributed by atoms with Crippen molar-refractivity contribution in [3.63, 3.8) is 0 Å². The Bertz CT molecular complexity index is 381. The summed E-state index contributed by atoms with van der Waals surface area (Å²) in [6, 6.07) is 8.16. The summed E-state index contributed by atoms with van der Waals surface area (Å²) in [5.74, 6) is 0. The lowest BCUT2D eigenvalue weighted by Gasteiger charge is -1.98. The molecule has 64 valence electrons. The molecule has 1 aromatic heterocycles. The van der Waals surface area contributed by atoms with E-state index in [9.17, 15) is 0 Å². The third kappa shape index (κ3) is 1.69. The van der Waals surface area contributed by atoms with Gasteiger partial charge < -0.3 is 0 Å². The second-order valence-corrected chi connectivity index (χ2v) is 2.86. The molecule has 0 atom stereocenters. The van der Waals surface area contributed by atoms with Crippen molar-refractivity contribution < 1.29 is 0 Å². The van der Waals surface area contributed by atoms with E-state index in [2.05, 4.69) is 34.2 Å². The molecule has 2 rings (SSSR count). The summed E-state index contributed by atoms with van der Waals surface area (Å²) in [4.78, 5) is 4.11. The van der Waals surface area contributed by atoms with Crippen LogP contribution in [0.2, 0.25) is 0 Å². The maximum atomic E-state index is 4.11. The maximum absolute atomic E-state index is 4.11. The van der Waals surface area contributed by atoms with Crippen LogP contribution in [-0.4, -0.2) is 15.2 Å². The summed E-state index contributed by atoms with van der Waals surface area (Å²) in [5, 5.41) is 7.40. The van der Waals surface area contributed by atoms with Gasteiger partial charge in [0.2, 0.25) is 0 Å². The van der Waals surface area contributed by atoms with Crippen LogP contribution < -0.4 is 0 Å². The van der Waals surface area contributed by atoms with Crippen LogP contribution in [-0.2, 0) is 0 Å². The fourth-order valence-electron chi connectivity index (χ4n) is 1.11. The Labute approximate surface area is 76.5 Å². The molecule has 1 aromatic carbocycles. The van der Waals surface area contributed by atoms with Gasteiger partial charge >= 0.3 is 0 Å². The Morgan fingerprint density at radius 1 is 1.00 bits per heavy atom. The highest BCUT2D eigenvalue weighted by Crippen LogP contribution is 2.14. The molecule has 0 bridgehead atoms. The topological polar surface area (TPSA) is 38.7 Å². The van der Waals surface area contributed by atoms with Crippen molar-refractivity contribution in [3.8, 4) is 11.3 Å². The Kier molecular flexibility index (Phi) is 2.00. The third-order valence-corrected chi connectivity index (χ3v) is 1.84. The largest absolute Gasteiger partial charge is 0.233 e. The van der Waals surface area contributed by atoms with Gasteiger partial charge in [0.1, 0.15) is 6.33 Å². The predicted molar refractivity (Wildman–Crippen MR) is 50.0 cm³/mol. The molecule has 1 heterocycles. The van der Waals surface area contributed by atoms with Crippen LogP contribution in [0.25, 0.3) is 11.3 Å². The van der Waals surface area contributed by atoms with Gasteiger partial charge in [0.25, 0.3) is 0 Å². The number of benzene rings is 1. The van der Waals surface area contributed by atoms with E-state index in [4.69, 9.17) is 0 Å². The summed E-state index contributed by atoms with van der Waals surface area (Å²) in [6.07, 6.45) is 3.11. The van der Waals surface area contributed by atoms with Crippen molar-refractivity contribution >= 4 is 0 Å². The fraction of sp³-hybridized carbons (Fsp3) is 0.100. The number of aromatic nitrogens is 3. The number of nitrogens with zero attached hydrogens (tertiary/aromatic N) is 3. The summed E-state index contributed by atoms with van der Waals surface area (Å²) < 4.78 is 0. The summed E-state index contributed by atoms with van der Waals surface area (Å²) in [5.41, 5.74) is 3.17. The van der Waals surface area contributed by atoms with Gasteiger partial charge in [-0.1, -0.05) is 29.8 Å². The monoisotopic (exact) mass is 171 g/mol. The van der Waals surface area contributed by atoms with Crippen LogP contribution in [0.5, 0.6) is 0 Å². The highest BCUT2D eigenvalue weighted by atomic mass is 15.1. The molecule has 0 unspecified atom stereocenters. The number of aryl methyl sites for hydroxylation is 1. The SMILES string of the molecule is Cc1ccc(-c2cnncn2)cc1. The van der Waals surface area contributed by atoms with Crippen LogP contribution in [0, 0.1) is 6.92 Å². The van der Waals surface area contributed by atoms with Crippen molar-refractivity contribution in [2.24, 2.45) is 0 Å². The van der Waals surface area contributed by atoms with Gasteiger partial charge in [-0.2, -0.15) is 5.10 Å². The molecule has 3 nitrogen and oxygen atoms in total. The average molecular weight is 171 g/mol. The van der Waals surface area contributed by atoms with Crippen LogP contribution in [0.1, 0.15) is 5.56 Å². The molecule has 0 radical (unpaired) electrons. The van der Waals surface area contributed by atoms with Crippen molar-refractivity contribution in [1.29, 1.82) is 0 Å². The average Bonchev–Trinajstić information content (AvgIpc) is 2.20. The lowest BCUT2D eigenvalue weighted by Crippen LogP contribution is -1.87. The molecule has 2 aromatic rings. The van der Waals surface area contributed by atoms with Crippen LogP contribution in [0.15, 0.2) is 36.8 Å². The standard InChI is InChI=1S/C10H9N3/c1-8-2-4-9(5-3-8)10-6-12-13-7-11-10/h2-7H,1H3. The van der Waals surface area contributed by atoms with Crippen LogP contribution in [0.3, 0.4) is 0 Å². The third-order valence-electron chi connectivity index (χ3n) is 1.84. The van der Waals surface area contributed by atoms with E-state index in [1.807, 2.05) is 12.1 Å². The molecule has 3 heteroatoms. The maximum Gasteiger partial charge on any atom is 0.138 e. The highest BCUT2D eigenvalue weighted by molar-refractivity contribution is 5.57. The first kappa shape index (κ1) is 7.86. The lowest BCUT2D eigenvalue weighted by molar-refractivity contribution is 0.973. The normalized spacial score (nSPS) is 9.92. The van der Waals surface area contributed by atoms with Crippen molar-refractivity contribution in [2.75, 3.05) is 0 Å². The Morgan fingerprint density at radius 2 is 1.77 bits per heavy atom. The minimum absolute atomic E-state index is 0.856. The van der Waals surface area contributed by atoms with E-state index in [1.165, 1.54) is 11.9 Å². The highest BCUT2D eigenvalue weighted by Gasteiger charge is 1.96. The molecule has 13 heavy (non-hydrogen) atoms. The van der Waals surface area contributed by atoms with Crippen molar-refractivity contribution in [1.82, 2.24) is 15.2 Å². The number of hydrogen-bond donors (Lipinski definition) is 0. The smallest absolute Gasteiger partial charge is 0.138 e. The fourth-order valence-corrected chi connectivity index (χ4v) is 1.11. The van der Waals surface area contributed by atoms with E-state index in [-0.39, 0.29) is 0 Å². The van der Waals surface area contributed by atoms with Crippen LogP contribution in [0.4, 0.5) is 0 Å². The van der Waals surface area contributed by atoms with E-state index >= 15 is 0 Å². The van der Waals surface area contributed by atoms with Crippen LogP contribution >= 0.6 is 0 Å². The molecule has 0 saturated heterocycles. The van der Waals surface area contributed by atoms with Crippen molar-refractivity contribution in [3.05, 3.63) is 42.4 Å². The summed E-state index contributed by atoms with van der Waals surface area (Å²) in [7, 11) is 0. The molecule has 0 N–H and O–H groups in total. The van der Waals surface area contributed by atoms with Gasteiger partial charge in [-0.15, -0.1) is 5.10 Å². The van der Waals surface area contributed by atoms with Gasteiger partial charge in [-0.3, -0.25) is 0 Å². The summed E-state index contributed by atoms with van der Waals surface area (Å²) in [6.45, 7) is 2.06. The zero-order valence-corrected chi connectivity index (χ0v) is 7.31. The molecule has 0 amide bonds. The minimum Gasteiger partial charge on any atom is -0.233 e. The molecule has 0 fully saturated rings. The lowest BCUT2D eigenvalue weighted by atomic mass is 10.1. The second kappa shape index (κ2) is 3.31. The number of rotatable bonds is 1. The predicted octanol–water partition coefficient (Wildman–Crippen LogP) is 1.85. The molecule has 0 aliphatic carbocycles. The molecule has 0 aliphatic heterocycles. The summed E-state index contributed by atoms with van der Waals surface area (Å²) >= 11 is 0. The Morgan fingerprint density at radius 3 is 2.38 bits per heavy atom. The quantitative estimate of drug-likeness (QED) is 0.657. The van der Waals surface area contributed by atoms with Gasteiger partial charge in [0.05, 0.1) is 11.9 Å². The van der Waals surface area contributed by atoms with E-state index in [0.717, 1.165) is 11.3 Å². The Balaban J connectivity index is 2.42. The Hall–Kier alpha value is -1.77. The van der Waals surface area contributed by atoms with E-state index < -0.39 is 0 Å². The van der Waals surface area contributed by atoms with Gasteiger partial charge in [0, 0.05) is 5.56 Å². The molecule has 0 spiro atoms. The molecule has 0 saturated carbocycles. The molecule has 0 aliphatic rings. The first-order valence-electron chi connectivity index (χ1n) is 4.06. The molecular weight excluding hydrogens is 162 g/mol. The minimum atomic E-state index is 0.856. The van der Waals surface area contributed by atoms with Gasteiger partial charge in [-0.25, -0.2) is 4.98 Å². The van der Waals surface area contributed by atoms with Crippen molar-refractivity contribution in [2.45, 2.75) is 6.92 Å². The number of hydrogen-bond acceptors (Lipinski definition) is 3. The van der Waals surface area contributed by atoms with E-state index in [0.29, 0.717) is 0 Å². The van der Waals surface area contributed by atoms with Gasteiger partial charge in [-0.05, 0) is 6.92 Å². The van der Waals surface area contributed by atoms with E-state index in [1.54, 1.807) is 6.20 Å². The first-order valence-corrected chi connectivity index (χ1v) is 4.06. The zero-order chi connectivity index (χ0) is 9.10. The second-order valence-electron chi connectivity index (χ2n) is 2.86. The zero-order valence-electron chi connectivity index (χ0n) is 7.31. The van der Waals surface area contributed by atoms with Gasteiger partial charge in [0.15, 0.2) is 0 Å². The molecular formula is C10H9N3.